The number of guanidine groups is 1. The first-order valence-corrected chi connectivity index (χ1v) is 11.8. The molecule has 1 aliphatic rings. The summed E-state index contributed by atoms with van der Waals surface area (Å²) in [6, 6.07) is 12.1. The summed E-state index contributed by atoms with van der Waals surface area (Å²) in [5, 5.41) is 6.99. The van der Waals surface area contributed by atoms with E-state index in [-0.39, 0.29) is 0 Å². The molecule has 2 N–H and O–H groups in total. The van der Waals surface area contributed by atoms with E-state index < -0.39 is 0 Å². The van der Waals surface area contributed by atoms with E-state index in [2.05, 4.69) is 39.4 Å². The second-order valence-electron chi connectivity index (χ2n) is 8.05. The van der Waals surface area contributed by atoms with Crippen molar-refractivity contribution in [3.8, 4) is 17.4 Å². The molecule has 32 heavy (non-hydrogen) atoms. The number of nitrogens with one attached hydrogen (secondary N) is 2. The predicted molar refractivity (Wildman–Crippen MR) is 130 cm³/mol. The molecular weight excluding hydrogens is 402 g/mol. The van der Waals surface area contributed by atoms with Gasteiger partial charge in [0.2, 0.25) is 5.88 Å². The van der Waals surface area contributed by atoms with Gasteiger partial charge < -0.3 is 25.0 Å². The molecule has 0 aliphatic carbocycles. The third kappa shape index (κ3) is 7.12. The molecule has 0 spiro atoms. The molecule has 7 nitrogen and oxygen atoms in total. The first kappa shape index (κ1) is 23.9. The average Bonchev–Trinajstić information content (AvgIpc) is 2.83. The van der Waals surface area contributed by atoms with Gasteiger partial charge in [-0.05, 0) is 50.4 Å². The molecule has 0 atom stereocenters. The normalized spacial score (nSPS) is 15.4. The number of benzene rings is 1. The summed E-state index contributed by atoms with van der Waals surface area (Å²) >= 11 is 0. The smallest absolute Gasteiger partial charge is 0.224 e. The van der Waals surface area contributed by atoms with Crippen LogP contribution in [0.4, 0.5) is 0 Å². The Morgan fingerprint density at radius 2 is 1.88 bits per heavy atom. The lowest BCUT2D eigenvalue weighted by molar-refractivity contribution is 0.206. The Balaban J connectivity index is 1.58. The van der Waals surface area contributed by atoms with Gasteiger partial charge in [0, 0.05) is 44.5 Å². The van der Waals surface area contributed by atoms with Crippen molar-refractivity contribution in [1.82, 2.24) is 20.5 Å². The van der Waals surface area contributed by atoms with Gasteiger partial charge in [0.25, 0.3) is 0 Å². The van der Waals surface area contributed by atoms with Crippen molar-refractivity contribution in [2.24, 2.45) is 4.99 Å². The number of hydrogen-bond acceptors (Lipinski definition) is 5. The van der Waals surface area contributed by atoms with E-state index in [9.17, 15) is 0 Å². The third-order valence-electron chi connectivity index (χ3n) is 5.51. The zero-order valence-electron chi connectivity index (χ0n) is 19.6. The van der Waals surface area contributed by atoms with Gasteiger partial charge in [-0.15, -0.1) is 0 Å². The number of pyridine rings is 1. The lowest BCUT2D eigenvalue weighted by Gasteiger charge is -2.32. The van der Waals surface area contributed by atoms with Crippen LogP contribution in [-0.4, -0.2) is 55.2 Å². The number of rotatable bonds is 10. The van der Waals surface area contributed by atoms with E-state index in [1.807, 2.05) is 43.4 Å². The second kappa shape index (κ2) is 12.9. The standard InChI is InChI=1S/C25H37N5O2/c1-4-15-30-16-12-21(13-17-30)29-25(26-3)28-19-20-9-8-14-27-24(20)32-23-11-7-6-10-22(23)31-18-5-2/h6-11,14,21H,4-5,12-13,15-19H2,1-3H3,(H2,26,28,29). The van der Waals surface area contributed by atoms with Gasteiger partial charge >= 0.3 is 0 Å². The number of aromatic nitrogens is 1. The van der Waals surface area contributed by atoms with Crippen molar-refractivity contribution >= 4 is 5.96 Å². The summed E-state index contributed by atoms with van der Waals surface area (Å²) in [5.74, 6) is 2.77. The van der Waals surface area contributed by atoms with Crippen LogP contribution >= 0.6 is 0 Å². The summed E-state index contributed by atoms with van der Waals surface area (Å²) < 4.78 is 12.0. The Morgan fingerprint density at radius 3 is 2.59 bits per heavy atom. The predicted octanol–water partition coefficient (Wildman–Crippen LogP) is 4.20. The SMILES string of the molecule is CCCOc1ccccc1Oc1ncccc1CNC(=NC)NC1CCN(CCC)CC1. The summed E-state index contributed by atoms with van der Waals surface area (Å²) in [6.45, 7) is 9.01. The molecule has 3 rings (SSSR count). The highest BCUT2D eigenvalue weighted by Crippen LogP contribution is 2.31. The number of likely N-dealkylation sites (tertiary alicyclic amines) is 1. The minimum Gasteiger partial charge on any atom is -0.490 e. The lowest BCUT2D eigenvalue weighted by Crippen LogP contribution is -2.48. The van der Waals surface area contributed by atoms with Gasteiger partial charge in [-0.2, -0.15) is 0 Å². The maximum atomic E-state index is 6.15. The molecule has 2 aromatic rings. The zero-order chi connectivity index (χ0) is 22.6. The van der Waals surface area contributed by atoms with Crippen molar-refractivity contribution in [2.45, 2.75) is 52.1 Å². The lowest BCUT2D eigenvalue weighted by atomic mass is 10.1. The Morgan fingerprint density at radius 1 is 1.09 bits per heavy atom. The van der Waals surface area contributed by atoms with E-state index in [0.29, 0.717) is 30.8 Å². The molecule has 0 amide bonds. The van der Waals surface area contributed by atoms with Crippen LogP contribution < -0.4 is 20.1 Å². The molecule has 1 aromatic heterocycles. The fourth-order valence-electron chi connectivity index (χ4n) is 3.80. The summed E-state index contributed by atoms with van der Waals surface area (Å²) in [5.41, 5.74) is 0.957. The summed E-state index contributed by atoms with van der Waals surface area (Å²) in [7, 11) is 1.81. The van der Waals surface area contributed by atoms with Crippen LogP contribution in [0.25, 0.3) is 0 Å². The van der Waals surface area contributed by atoms with Crippen molar-refractivity contribution < 1.29 is 9.47 Å². The highest BCUT2D eigenvalue weighted by atomic mass is 16.5. The monoisotopic (exact) mass is 439 g/mol. The van der Waals surface area contributed by atoms with Crippen LogP contribution in [0.15, 0.2) is 47.6 Å². The molecule has 0 unspecified atom stereocenters. The van der Waals surface area contributed by atoms with Gasteiger partial charge in [0.1, 0.15) is 0 Å². The average molecular weight is 440 g/mol. The van der Waals surface area contributed by atoms with E-state index in [1.54, 1.807) is 6.20 Å². The zero-order valence-corrected chi connectivity index (χ0v) is 19.6. The Kier molecular flexibility index (Phi) is 9.62. The largest absolute Gasteiger partial charge is 0.490 e. The minimum atomic E-state index is 0.446. The van der Waals surface area contributed by atoms with E-state index >= 15 is 0 Å². The Labute approximate surface area is 192 Å². The number of hydrogen-bond donors (Lipinski definition) is 2. The van der Waals surface area contributed by atoms with Crippen molar-refractivity contribution in [2.75, 3.05) is 33.3 Å². The number of ether oxygens (including phenoxy) is 2. The molecule has 1 aliphatic heterocycles. The summed E-state index contributed by atoms with van der Waals surface area (Å²) in [4.78, 5) is 11.4. The molecule has 1 saturated heterocycles. The van der Waals surface area contributed by atoms with Crippen molar-refractivity contribution in [3.63, 3.8) is 0 Å². The molecule has 174 valence electrons. The first-order chi connectivity index (χ1) is 15.7. The van der Waals surface area contributed by atoms with Crippen molar-refractivity contribution in [1.29, 1.82) is 0 Å². The Bertz CT molecular complexity index is 850. The molecule has 0 radical (unpaired) electrons. The van der Waals surface area contributed by atoms with Crippen LogP contribution in [-0.2, 0) is 6.54 Å². The van der Waals surface area contributed by atoms with Gasteiger partial charge in [0.15, 0.2) is 17.5 Å². The second-order valence-corrected chi connectivity index (χ2v) is 8.05. The molecule has 1 fully saturated rings. The van der Waals surface area contributed by atoms with Gasteiger partial charge in [-0.3, -0.25) is 4.99 Å². The molecule has 1 aromatic carbocycles. The maximum absolute atomic E-state index is 6.15. The van der Waals surface area contributed by atoms with Crippen LogP contribution in [0.3, 0.4) is 0 Å². The van der Waals surface area contributed by atoms with Gasteiger partial charge in [-0.25, -0.2) is 4.98 Å². The van der Waals surface area contributed by atoms with Crippen molar-refractivity contribution in [3.05, 3.63) is 48.2 Å². The highest BCUT2D eigenvalue weighted by molar-refractivity contribution is 5.80. The molecular formula is C25H37N5O2. The molecule has 0 bridgehead atoms. The molecule has 7 heteroatoms. The van der Waals surface area contributed by atoms with E-state index in [1.165, 1.54) is 13.0 Å². The fourth-order valence-corrected chi connectivity index (χ4v) is 3.80. The summed E-state index contributed by atoms with van der Waals surface area (Å²) in [6.07, 6.45) is 6.17. The number of para-hydroxylation sites is 2. The highest BCUT2D eigenvalue weighted by Gasteiger charge is 2.19. The molecule has 2 heterocycles. The van der Waals surface area contributed by atoms with Crippen LogP contribution in [0.1, 0.15) is 45.1 Å². The quantitative estimate of drug-likeness (QED) is 0.427. The minimum absolute atomic E-state index is 0.446. The topological polar surface area (TPSA) is 71.0 Å². The molecule has 0 saturated carbocycles. The van der Waals surface area contributed by atoms with E-state index in [4.69, 9.17) is 9.47 Å². The maximum Gasteiger partial charge on any atom is 0.224 e. The first-order valence-electron chi connectivity index (χ1n) is 11.8. The van der Waals surface area contributed by atoms with Gasteiger partial charge in [-0.1, -0.05) is 32.0 Å². The van der Waals surface area contributed by atoms with E-state index in [0.717, 1.165) is 49.6 Å². The van der Waals surface area contributed by atoms with Crippen LogP contribution in [0.5, 0.6) is 17.4 Å². The van der Waals surface area contributed by atoms with Gasteiger partial charge in [0.05, 0.1) is 6.61 Å². The fraction of sp³-hybridized carbons (Fsp3) is 0.520. The number of aliphatic imine (C=N–C) groups is 1. The number of nitrogens with zero attached hydrogens (tertiary/aromatic N) is 3. The van der Waals surface area contributed by atoms with Crippen LogP contribution in [0.2, 0.25) is 0 Å². The van der Waals surface area contributed by atoms with Crippen LogP contribution in [0, 0.1) is 0 Å². The third-order valence-corrected chi connectivity index (χ3v) is 5.51. The number of piperidine rings is 1. The Hall–Kier alpha value is -2.80.